The maximum Gasteiger partial charge on any atom is 0.417 e. The molecule has 0 fully saturated rings. The molecule has 1 aromatic carbocycles. The lowest BCUT2D eigenvalue weighted by Gasteiger charge is -2.35. The summed E-state index contributed by atoms with van der Waals surface area (Å²) in [6.45, 7) is 3.60. The van der Waals surface area contributed by atoms with Crippen molar-refractivity contribution in [3.8, 4) is 0 Å². The van der Waals surface area contributed by atoms with Gasteiger partial charge in [0.25, 0.3) is 0 Å². The van der Waals surface area contributed by atoms with Crippen molar-refractivity contribution in [1.29, 1.82) is 0 Å². The standard InChI is InChI=1S/C16H15F12N/c1-12(2,3)11(29-4)6-5-7(13(17,18)19)9(15(23,24)25)10(16(26,27)28)8(6)14(20,21)22/h5,11,29H,1-4H3. The highest BCUT2D eigenvalue weighted by molar-refractivity contribution is 5.53. The van der Waals surface area contributed by atoms with E-state index in [1.165, 1.54) is 20.8 Å². The van der Waals surface area contributed by atoms with Gasteiger partial charge in [-0.25, -0.2) is 0 Å². The van der Waals surface area contributed by atoms with E-state index in [1.54, 1.807) is 0 Å². The summed E-state index contributed by atoms with van der Waals surface area (Å²) in [7, 11) is 0.967. The van der Waals surface area contributed by atoms with E-state index < -0.39 is 70.0 Å². The lowest BCUT2D eigenvalue weighted by molar-refractivity contribution is -0.183. The fourth-order valence-electron chi connectivity index (χ4n) is 3.09. The van der Waals surface area contributed by atoms with E-state index in [-0.39, 0.29) is 0 Å². The number of benzene rings is 1. The smallest absolute Gasteiger partial charge is 0.313 e. The van der Waals surface area contributed by atoms with Crippen molar-refractivity contribution in [3.63, 3.8) is 0 Å². The minimum absolute atomic E-state index is 0.507. The summed E-state index contributed by atoms with van der Waals surface area (Å²) in [5.41, 5.74) is -15.5. The number of alkyl halides is 12. The highest BCUT2D eigenvalue weighted by Gasteiger charge is 2.56. The number of rotatable bonds is 2. The topological polar surface area (TPSA) is 12.0 Å². The maximum atomic E-state index is 13.5. The molecule has 0 spiro atoms. The number of halogens is 12. The predicted molar refractivity (Wildman–Crippen MR) is 77.7 cm³/mol. The van der Waals surface area contributed by atoms with Gasteiger partial charge in [0, 0.05) is 6.04 Å². The Morgan fingerprint density at radius 3 is 1.24 bits per heavy atom. The van der Waals surface area contributed by atoms with Crippen molar-refractivity contribution >= 4 is 0 Å². The Morgan fingerprint density at radius 1 is 0.621 bits per heavy atom. The second-order valence-electron chi connectivity index (χ2n) is 7.22. The van der Waals surface area contributed by atoms with E-state index in [2.05, 4.69) is 5.32 Å². The van der Waals surface area contributed by atoms with Crippen LogP contribution in [0.4, 0.5) is 52.7 Å². The van der Waals surface area contributed by atoms with Gasteiger partial charge in [-0.15, -0.1) is 0 Å². The molecule has 168 valence electrons. The maximum absolute atomic E-state index is 13.5. The Bertz CT molecular complexity index is 744. The molecule has 0 saturated carbocycles. The van der Waals surface area contributed by atoms with Gasteiger partial charge in [0.1, 0.15) is 0 Å². The van der Waals surface area contributed by atoms with E-state index in [1.807, 2.05) is 0 Å². The molecule has 0 bridgehead atoms. The monoisotopic (exact) mass is 449 g/mol. The minimum Gasteiger partial charge on any atom is -0.313 e. The molecule has 13 heteroatoms. The van der Waals surface area contributed by atoms with Crippen LogP contribution in [-0.2, 0) is 24.7 Å². The lowest BCUT2D eigenvalue weighted by Crippen LogP contribution is -2.35. The van der Waals surface area contributed by atoms with Gasteiger partial charge in [0.2, 0.25) is 0 Å². The van der Waals surface area contributed by atoms with Crippen LogP contribution in [0.2, 0.25) is 0 Å². The first-order valence-electron chi connectivity index (χ1n) is 7.71. The third kappa shape index (κ3) is 5.28. The molecule has 1 atom stereocenters. The van der Waals surface area contributed by atoms with Crippen LogP contribution in [0.1, 0.15) is 54.6 Å². The molecule has 1 nitrogen and oxygen atoms in total. The Hall–Kier alpha value is -1.66. The number of hydrogen-bond acceptors (Lipinski definition) is 1. The van der Waals surface area contributed by atoms with E-state index in [9.17, 15) is 52.7 Å². The molecule has 1 unspecified atom stereocenters. The molecule has 1 aromatic rings. The highest BCUT2D eigenvalue weighted by Crippen LogP contribution is 2.54. The second-order valence-corrected chi connectivity index (χ2v) is 7.22. The van der Waals surface area contributed by atoms with Gasteiger partial charge in [0.05, 0.1) is 22.3 Å². The molecule has 1 rings (SSSR count). The summed E-state index contributed by atoms with van der Waals surface area (Å²) >= 11 is 0. The van der Waals surface area contributed by atoms with E-state index in [0.717, 1.165) is 7.05 Å². The summed E-state index contributed by atoms with van der Waals surface area (Å²) in [5, 5.41) is 2.17. The normalized spacial score (nSPS) is 15.6. The summed E-state index contributed by atoms with van der Waals surface area (Å²) in [4.78, 5) is 0. The van der Waals surface area contributed by atoms with Gasteiger partial charge >= 0.3 is 24.7 Å². The zero-order valence-corrected chi connectivity index (χ0v) is 15.2. The third-order valence-corrected chi connectivity index (χ3v) is 3.98. The average Bonchev–Trinajstić information content (AvgIpc) is 2.40. The van der Waals surface area contributed by atoms with E-state index in [0.29, 0.717) is 0 Å². The average molecular weight is 449 g/mol. The van der Waals surface area contributed by atoms with E-state index in [4.69, 9.17) is 0 Å². The predicted octanol–water partition coefficient (Wildman–Crippen LogP) is 7.07. The first-order chi connectivity index (χ1) is 12.5. The number of nitrogens with one attached hydrogen (secondary N) is 1. The van der Waals surface area contributed by atoms with Crippen LogP contribution in [0, 0.1) is 5.41 Å². The molecule has 0 aliphatic rings. The van der Waals surface area contributed by atoms with Gasteiger partial charge < -0.3 is 5.32 Å². The molecule has 0 aliphatic heterocycles. The highest BCUT2D eigenvalue weighted by atomic mass is 19.4. The van der Waals surface area contributed by atoms with Gasteiger partial charge in [0.15, 0.2) is 0 Å². The van der Waals surface area contributed by atoms with Crippen molar-refractivity contribution in [2.24, 2.45) is 5.41 Å². The zero-order valence-electron chi connectivity index (χ0n) is 15.2. The van der Waals surface area contributed by atoms with Gasteiger partial charge in [-0.3, -0.25) is 0 Å². The van der Waals surface area contributed by atoms with Gasteiger partial charge in [-0.1, -0.05) is 20.8 Å². The first kappa shape index (κ1) is 25.4. The summed E-state index contributed by atoms with van der Waals surface area (Å²) in [5.74, 6) is 0. The summed E-state index contributed by atoms with van der Waals surface area (Å²) in [6, 6.07) is -2.29. The second kappa shape index (κ2) is 7.24. The third-order valence-electron chi connectivity index (χ3n) is 3.98. The number of hydrogen-bond donors (Lipinski definition) is 1. The fourth-order valence-corrected chi connectivity index (χ4v) is 3.09. The van der Waals surface area contributed by atoms with Crippen LogP contribution < -0.4 is 5.32 Å². The molecular formula is C16H15F12N. The van der Waals surface area contributed by atoms with Crippen LogP contribution in [0.3, 0.4) is 0 Å². The Labute approximate surface area is 157 Å². The molecule has 0 saturated heterocycles. The molecular weight excluding hydrogens is 434 g/mol. The molecule has 0 amide bonds. The van der Waals surface area contributed by atoms with Gasteiger partial charge in [-0.05, 0) is 24.1 Å². The molecule has 1 N–H and O–H groups in total. The summed E-state index contributed by atoms with van der Waals surface area (Å²) < 4.78 is 160. The van der Waals surface area contributed by atoms with Gasteiger partial charge in [-0.2, -0.15) is 52.7 Å². The van der Waals surface area contributed by atoms with Crippen LogP contribution in [0.25, 0.3) is 0 Å². The minimum atomic E-state index is -6.37. The van der Waals surface area contributed by atoms with Crippen LogP contribution in [-0.4, -0.2) is 7.05 Å². The Kier molecular flexibility index (Phi) is 6.33. The quantitative estimate of drug-likeness (QED) is 0.477. The van der Waals surface area contributed by atoms with Crippen molar-refractivity contribution in [3.05, 3.63) is 33.9 Å². The van der Waals surface area contributed by atoms with Crippen LogP contribution in [0.5, 0.6) is 0 Å². The molecule has 29 heavy (non-hydrogen) atoms. The first-order valence-corrected chi connectivity index (χ1v) is 7.71. The molecule has 0 radical (unpaired) electrons. The van der Waals surface area contributed by atoms with Crippen LogP contribution >= 0.6 is 0 Å². The lowest BCUT2D eigenvalue weighted by atomic mass is 9.77. The van der Waals surface area contributed by atoms with Crippen molar-refractivity contribution in [2.75, 3.05) is 7.05 Å². The Morgan fingerprint density at radius 2 is 1.00 bits per heavy atom. The van der Waals surface area contributed by atoms with Crippen molar-refractivity contribution in [2.45, 2.75) is 51.5 Å². The van der Waals surface area contributed by atoms with Crippen LogP contribution in [0.15, 0.2) is 6.07 Å². The Balaban J connectivity index is 4.45. The molecule has 0 aromatic heterocycles. The molecule has 0 heterocycles. The largest absolute Gasteiger partial charge is 0.417 e. The SMILES string of the molecule is CNC(c1cc(C(F)(F)F)c(C(F)(F)F)c(C(F)(F)F)c1C(F)(F)F)C(C)(C)C. The molecule has 0 aliphatic carbocycles. The van der Waals surface area contributed by atoms with Crippen molar-refractivity contribution < 1.29 is 52.7 Å². The zero-order chi connectivity index (χ0) is 23.4. The van der Waals surface area contributed by atoms with Crippen molar-refractivity contribution in [1.82, 2.24) is 5.32 Å². The van der Waals surface area contributed by atoms with E-state index >= 15 is 0 Å². The summed E-state index contributed by atoms with van der Waals surface area (Å²) in [6.07, 6.45) is -24.8. The fraction of sp³-hybridized carbons (Fsp3) is 0.625.